The molecule has 1 saturated heterocycles. The van der Waals surface area contributed by atoms with Gasteiger partial charge < -0.3 is 10.2 Å². The molecule has 2 aromatic carbocycles. The molecule has 23 heavy (non-hydrogen) atoms. The van der Waals surface area contributed by atoms with E-state index in [0.717, 1.165) is 18.7 Å². The molecule has 1 heterocycles. The summed E-state index contributed by atoms with van der Waals surface area (Å²) >= 11 is 0. The van der Waals surface area contributed by atoms with Crippen LogP contribution in [0.4, 0.5) is 10.1 Å². The van der Waals surface area contributed by atoms with Crippen molar-refractivity contribution in [3.63, 3.8) is 0 Å². The molecule has 0 bridgehead atoms. The summed E-state index contributed by atoms with van der Waals surface area (Å²) in [6.07, 6.45) is 1.45. The third kappa shape index (κ3) is 3.56. The molecule has 0 atom stereocenters. The van der Waals surface area contributed by atoms with Gasteiger partial charge in [-0.05, 0) is 48.4 Å². The lowest BCUT2D eigenvalue weighted by atomic mass is 10.1. The summed E-state index contributed by atoms with van der Waals surface area (Å²) < 4.78 is 13.1. The highest BCUT2D eigenvalue weighted by Gasteiger charge is 2.21. The first-order chi connectivity index (χ1) is 11.1. The van der Waals surface area contributed by atoms with Crippen molar-refractivity contribution in [3.8, 4) is 0 Å². The highest BCUT2D eigenvalue weighted by atomic mass is 19.1. The summed E-state index contributed by atoms with van der Waals surface area (Å²) in [7, 11) is 0. The minimum absolute atomic E-state index is 0.119. The van der Waals surface area contributed by atoms with Crippen LogP contribution in [0.1, 0.15) is 28.8 Å². The molecule has 1 N–H and O–H groups in total. The van der Waals surface area contributed by atoms with Crippen LogP contribution in [-0.2, 0) is 11.3 Å². The maximum Gasteiger partial charge on any atom is 0.251 e. The molecular weight excluding hydrogens is 295 g/mol. The van der Waals surface area contributed by atoms with Crippen LogP contribution in [0.5, 0.6) is 0 Å². The molecule has 3 rings (SSSR count). The van der Waals surface area contributed by atoms with E-state index in [4.69, 9.17) is 0 Å². The highest BCUT2D eigenvalue weighted by molar-refractivity contribution is 5.97. The molecule has 5 heteroatoms. The van der Waals surface area contributed by atoms with E-state index in [2.05, 4.69) is 5.32 Å². The fourth-order valence-corrected chi connectivity index (χ4v) is 2.65. The fraction of sp³-hybridized carbons (Fsp3) is 0.222. The van der Waals surface area contributed by atoms with E-state index >= 15 is 0 Å². The van der Waals surface area contributed by atoms with Gasteiger partial charge in [-0.1, -0.05) is 12.1 Å². The van der Waals surface area contributed by atoms with E-state index in [1.165, 1.54) is 12.1 Å². The van der Waals surface area contributed by atoms with Gasteiger partial charge in [0.15, 0.2) is 0 Å². The lowest BCUT2D eigenvalue weighted by Crippen LogP contribution is -2.25. The third-order valence-electron chi connectivity index (χ3n) is 3.86. The Kier molecular flexibility index (Phi) is 4.37. The number of nitrogens with zero attached hydrogens (tertiary/aromatic N) is 1. The lowest BCUT2D eigenvalue weighted by molar-refractivity contribution is -0.117. The second-order valence-electron chi connectivity index (χ2n) is 5.51. The van der Waals surface area contributed by atoms with Crippen molar-refractivity contribution in [2.24, 2.45) is 0 Å². The smallest absolute Gasteiger partial charge is 0.251 e. The van der Waals surface area contributed by atoms with Crippen molar-refractivity contribution in [2.75, 3.05) is 11.4 Å². The second-order valence-corrected chi connectivity index (χ2v) is 5.51. The summed E-state index contributed by atoms with van der Waals surface area (Å²) in [6.45, 7) is 0.993. The molecule has 0 saturated carbocycles. The Labute approximate surface area is 133 Å². The van der Waals surface area contributed by atoms with Crippen LogP contribution in [0.3, 0.4) is 0 Å². The average Bonchev–Trinajstić information content (AvgIpc) is 2.99. The Morgan fingerprint density at radius 1 is 1.17 bits per heavy atom. The van der Waals surface area contributed by atoms with Crippen LogP contribution >= 0.6 is 0 Å². The second kappa shape index (κ2) is 6.60. The van der Waals surface area contributed by atoms with Gasteiger partial charge in [0.05, 0.1) is 0 Å². The number of benzene rings is 2. The van der Waals surface area contributed by atoms with Gasteiger partial charge in [0, 0.05) is 30.8 Å². The van der Waals surface area contributed by atoms with Gasteiger partial charge in [0.2, 0.25) is 5.91 Å². The normalized spacial score (nSPS) is 14.1. The predicted octanol–water partition coefficient (Wildman–Crippen LogP) is 2.88. The summed E-state index contributed by atoms with van der Waals surface area (Å²) in [5, 5.41) is 2.75. The minimum atomic E-state index is -0.323. The first kappa shape index (κ1) is 15.2. The van der Waals surface area contributed by atoms with Crippen LogP contribution in [0.2, 0.25) is 0 Å². The molecule has 1 aliphatic heterocycles. The molecule has 1 fully saturated rings. The van der Waals surface area contributed by atoms with Gasteiger partial charge in [-0.2, -0.15) is 0 Å². The zero-order valence-electron chi connectivity index (χ0n) is 12.6. The van der Waals surface area contributed by atoms with Crippen LogP contribution in [0.15, 0.2) is 48.5 Å². The standard InChI is InChI=1S/C18H17FN2O2/c19-15-4-1-3-13(11-15)12-20-18(23)14-6-8-16(9-7-14)21-10-2-5-17(21)22/h1,3-4,6-9,11H,2,5,10,12H2,(H,20,23). The number of hydrogen-bond acceptors (Lipinski definition) is 2. The third-order valence-corrected chi connectivity index (χ3v) is 3.86. The maximum absolute atomic E-state index is 13.1. The molecule has 0 spiro atoms. The largest absolute Gasteiger partial charge is 0.348 e. The van der Waals surface area contributed by atoms with E-state index in [1.807, 2.05) is 0 Å². The Balaban J connectivity index is 1.62. The van der Waals surface area contributed by atoms with E-state index in [1.54, 1.807) is 41.3 Å². The van der Waals surface area contributed by atoms with Crippen LogP contribution in [-0.4, -0.2) is 18.4 Å². The van der Waals surface area contributed by atoms with Crippen molar-refractivity contribution in [1.29, 1.82) is 0 Å². The van der Waals surface area contributed by atoms with Crippen LogP contribution in [0, 0.1) is 5.82 Å². The number of halogens is 1. The van der Waals surface area contributed by atoms with Crippen LogP contribution < -0.4 is 10.2 Å². The number of carbonyl (C=O) groups excluding carboxylic acids is 2. The van der Waals surface area contributed by atoms with Gasteiger partial charge in [-0.15, -0.1) is 0 Å². The first-order valence-electron chi connectivity index (χ1n) is 7.56. The van der Waals surface area contributed by atoms with Crippen molar-refractivity contribution in [3.05, 3.63) is 65.5 Å². The number of amides is 2. The molecule has 2 amide bonds. The highest BCUT2D eigenvalue weighted by Crippen LogP contribution is 2.21. The average molecular weight is 312 g/mol. The molecule has 1 aliphatic rings. The number of rotatable bonds is 4. The van der Waals surface area contributed by atoms with E-state index < -0.39 is 0 Å². The maximum atomic E-state index is 13.1. The molecule has 0 radical (unpaired) electrons. The first-order valence-corrected chi connectivity index (χ1v) is 7.56. The van der Waals surface area contributed by atoms with Gasteiger partial charge in [-0.3, -0.25) is 9.59 Å². The Bertz CT molecular complexity index is 728. The molecule has 118 valence electrons. The SMILES string of the molecule is O=C(NCc1cccc(F)c1)c1ccc(N2CCCC2=O)cc1. The van der Waals surface area contributed by atoms with Crippen molar-refractivity contribution in [2.45, 2.75) is 19.4 Å². The zero-order chi connectivity index (χ0) is 16.2. The molecule has 4 nitrogen and oxygen atoms in total. The predicted molar refractivity (Wildman–Crippen MR) is 85.6 cm³/mol. The molecule has 0 aliphatic carbocycles. The number of carbonyl (C=O) groups is 2. The molecule has 2 aromatic rings. The number of hydrogen-bond donors (Lipinski definition) is 1. The quantitative estimate of drug-likeness (QED) is 0.944. The van der Waals surface area contributed by atoms with Crippen LogP contribution in [0.25, 0.3) is 0 Å². The summed E-state index contributed by atoms with van der Waals surface area (Å²) in [6, 6.07) is 13.1. The number of anilines is 1. The lowest BCUT2D eigenvalue weighted by Gasteiger charge is -2.15. The fourth-order valence-electron chi connectivity index (χ4n) is 2.65. The summed E-state index contributed by atoms with van der Waals surface area (Å²) in [4.78, 5) is 25.5. The van der Waals surface area contributed by atoms with E-state index in [-0.39, 0.29) is 24.2 Å². The van der Waals surface area contributed by atoms with Gasteiger partial charge >= 0.3 is 0 Å². The van der Waals surface area contributed by atoms with Gasteiger partial charge in [0.25, 0.3) is 5.91 Å². The minimum Gasteiger partial charge on any atom is -0.348 e. The summed E-state index contributed by atoms with van der Waals surface area (Å²) in [5.41, 5.74) is 2.03. The Hall–Kier alpha value is -2.69. The molecule has 0 unspecified atom stereocenters. The molecule has 0 aromatic heterocycles. The van der Waals surface area contributed by atoms with E-state index in [0.29, 0.717) is 17.5 Å². The summed E-state index contributed by atoms with van der Waals surface area (Å²) in [5.74, 6) is -0.432. The Morgan fingerprint density at radius 3 is 2.61 bits per heavy atom. The molecular formula is C18H17FN2O2. The number of nitrogens with one attached hydrogen (secondary N) is 1. The topological polar surface area (TPSA) is 49.4 Å². The Morgan fingerprint density at radius 2 is 1.96 bits per heavy atom. The van der Waals surface area contributed by atoms with Crippen molar-refractivity contribution >= 4 is 17.5 Å². The van der Waals surface area contributed by atoms with Crippen molar-refractivity contribution < 1.29 is 14.0 Å². The van der Waals surface area contributed by atoms with Gasteiger partial charge in [-0.25, -0.2) is 4.39 Å². The monoisotopic (exact) mass is 312 g/mol. The van der Waals surface area contributed by atoms with Gasteiger partial charge in [0.1, 0.15) is 5.82 Å². The zero-order valence-corrected chi connectivity index (χ0v) is 12.6. The van der Waals surface area contributed by atoms with Crippen molar-refractivity contribution in [1.82, 2.24) is 5.32 Å². The van der Waals surface area contributed by atoms with E-state index in [9.17, 15) is 14.0 Å².